The van der Waals surface area contributed by atoms with Crippen LogP contribution in [-0.4, -0.2) is 23.0 Å². The Bertz CT molecular complexity index is 647. The number of unbranched alkanes of at least 4 members (excludes halogenated alkanes) is 1. The van der Waals surface area contributed by atoms with Crippen molar-refractivity contribution in [2.45, 2.75) is 57.4 Å². The van der Waals surface area contributed by atoms with Crippen LogP contribution in [-0.2, 0) is 12.8 Å². The lowest BCUT2D eigenvalue weighted by atomic mass is 9.92. The van der Waals surface area contributed by atoms with Gasteiger partial charge in [-0.25, -0.2) is 0 Å². The van der Waals surface area contributed by atoms with E-state index in [1.165, 1.54) is 10.4 Å². The van der Waals surface area contributed by atoms with Crippen LogP contribution in [0, 0.1) is 0 Å². The molecule has 0 aliphatic heterocycles. The molecule has 0 unspecified atom stereocenters. The van der Waals surface area contributed by atoms with E-state index in [0.717, 1.165) is 43.4 Å². The van der Waals surface area contributed by atoms with Gasteiger partial charge < -0.3 is 10.8 Å². The van der Waals surface area contributed by atoms with E-state index in [1.54, 1.807) is 11.3 Å². The fourth-order valence-electron chi connectivity index (χ4n) is 2.78. The molecular weight excluding hydrogens is 330 g/mol. The summed E-state index contributed by atoms with van der Waals surface area (Å²) in [5.74, 6) is 0.237. The van der Waals surface area contributed by atoms with Crippen LogP contribution in [0.2, 0.25) is 0 Å². The summed E-state index contributed by atoms with van der Waals surface area (Å²) >= 11 is 1.57. The van der Waals surface area contributed by atoms with Gasteiger partial charge in [0.25, 0.3) is 0 Å². The molecule has 1 atom stereocenters. The molecule has 0 aliphatic rings. The van der Waals surface area contributed by atoms with E-state index in [9.17, 15) is 9.90 Å². The standard InChI is InChI=1S/C21H29NO2S/c1-2-21(22,16-23)15-14-18-12-13-20(25-18)19(24)11-7-6-10-17-8-4-3-5-9-17/h3-5,8-9,12-13,23H,2,6-7,10-11,14-16,22H2,1H3/t21-/m1/s1. The summed E-state index contributed by atoms with van der Waals surface area (Å²) in [6.45, 7) is 2.00. The normalized spacial score (nSPS) is 13.6. The van der Waals surface area contributed by atoms with E-state index in [-0.39, 0.29) is 12.4 Å². The van der Waals surface area contributed by atoms with Crippen LogP contribution in [0.5, 0.6) is 0 Å². The molecule has 1 heterocycles. The number of ketones is 1. The average Bonchev–Trinajstić information content (AvgIpc) is 3.13. The van der Waals surface area contributed by atoms with Gasteiger partial charge >= 0.3 is 0 Å². The second-order valence-electron chi connectivity index (χ2n) is 6.76. The van der Waals surface area contributed by atoms with Crippen molar-refractivity contribution >= 4 is 17.1 Å². The predicted octanol–water partition coefficient (Wildman–Crippen LogP) is 4.38. The molecule has 0 saturated carbocycles. The zero-order valence-electron chi connectivity index (χ0n) is 15.0. The topological polar surface area (TPSA) is 63.3 Å². The molecular formula is C21H29NO2S. The van der Waals surface area contributed by atoms with Gasteiger partial charge in [-0.3, -0.25) is 4.79 Å². The number of carbonyl (C=O) groups excluding carboxylic acids is 1. The third kappa shape index (κ3) is 6.38. The van der Waals surface area contributed by atoms with Crippen LogP contribution in [0.3, 0.4) is 0 Å². The Kier molecular flexibility index (Phi) is 7.82. The average molecular weight is 360 g/mol. The second-order valence-corrected chi connectivity index (χ2v) is 7.92. The van der Waals surface area contributed by atoms with E-state index in [0.29, 0.717) is 6.42 Å². The fourth-order valence-corrected chi connectivity index (χ4v) is 3.76. The van der Waals surface area contributed by atoms with Crippen molar-refractivity contribution in [1.82, 2.24) is 0 Å². The van der Waals surface area contributed by atoms with Gasteiger partial charge in [-0.05, 0) is 56.2 Å². The highest BCUT2D eigenvalue weighted by atomic mass is 32.1. The maximum atomic E-state index is 12.3. The van der Waals surface area contributed by atoms with Crippen LogP contribution in [0.15, 0.2) is 42.5 Å². The molecule has 0 aliphatic carbocycles. The molecule has 25 heavy (non-hydrogen) atoms. The highest BCUT2D eigenvalue weighted by molar-refractivity contribution is 7.14. The maximum absolute atomic E-state index is 12.3. The Morgan fingerprint density at radius 1 is 1.12 bits per heavy atom. The van der Waals surface area contributed by atoms with E-state index < -0.39 is 5.54 Å². The van der Waals surface area contributed by atoms with Crippen LogP contribution < -0.4 is 5.73 Å². The fraction of sp³-hybridized carbons (Fsp3) is 0.476. The Hall–Kier alpha value is -1.49. The summed E-state index contributed by atoms with van der Waals surface area (Å²) < 4.78 is 0. The van der Waals surface area contributed by atoms with Gasteiger partial charge in [0.2, 0.25) is 0 Å². The lowest BCUT2D eigenvalue weighted by Gasteiger charge is -2.25. The van der Waals surface area contributed by atoms with Gasteiger partial charge in [-0.2, -0.15) is 0 Å². The molecule has 0 amide bonds. The molecule has 2 rings (SSSR count). The molecule has 0 bridgehead atoms. The van der Waals surface area contributed by atoms with Gasteiger partial charge in [0.05, 0.1) is 11.5 Å². The van der Waals surface area contributed by atoms with Crippen LogP contribution in [0.1, 0.15) is 59.1 Å². The lowest BCUT2D eigenvalue weighted by Crippen LogP contribution is -2.43. The Morgan fingerprint density at radius 3 is 2.56 bits per heavy atom. The SMILES string of the molecule is CC[C@](N)(CO)CCc1ccc(C(=O)CCCCc2ccccc2)s1. The third-order valence-corrected chi connectivity index (χ3v) is 5.97. The molecule has 2 aromatic rings. The summed E-state index contributed by atoms with van der Waals surface area (Å²) in [6.07, 6.45) is 5.91. The number of hydrogen-bond donors (Lipinski definition) is 2. The third-order valence-electron chi connectivity index (χ3n) is 4.79. The van der Waals surface area contributed by atoms with Gasteiger partial charge in [0.1, 0.15) is 0 Å². The first-order valence-corrected chi connectivity index (χ1v) is 9.93. The molecule has 0 spiro atoms. The summed E-state index contributed by atoms with van der Waals surface area (Å²) in [7, 11) is 0. The summed E-state index contributed by atoms with van der Waals surface area (Å²) in [5, 5.41) is 9.38. The summed E-state index contributed by atoms with van der Waals surface area (Å²) in [5.41, 5.74) is 6.95. The summed E-state index contributed by atoms with van der Waals surface area (Å²) in [6, 6.07) is 14.4. The lowest BCUT2D eigenvalue weighted by molar-refractivity contribution is 0.0983. The van der Waals surface area contributed by atoms with Crippen molar-refractivity contribution in [3.63, 3.8) is 0 Å². The Morgan fingerprint density at radius 2 is 1.88 bits per heavy atom. The number of Topliss-reactive ketones (excluding diaryl/α,β-unsaturated/α-hetero) is 1. The number of aryl methyl sites for hydroxylation is 2. The quantitative estimate of drug-likeness (QED) is 0.462. The molecule has 136 valence electrons. The first kappa shape index (κ1) is 19.8. The minimum Gasteiger partial charge on any atom is -0.394 e. The van der Waals surface area contributed by atoms with E-state index >= 15 is 0 Å². The zero-order valence-corrected chi connectivity index (χ0v) is 15.9. The van der Waals surface area contributed by atoms with Crippen molar-refractivity contribution in [3.8, 4) is 0 Å². The van der Waals surface area contributed by atoms with Crippen LogP contribution in [0.25, 0.3) is 0 Å². The van der Waals surface area contributed by atoms with Crippen LogP contribution >= 0.6 is 11.3 Å². The van der Waals surface area contributed by atoms with Crippen molar-refractivity contribution in [2.24, 2.45) is 5.73 Å². The van der Waals surface area contributed by atoms with Gasteiger partial charge in [-0.1, -0.05) is 37.3 Å². The second kappa shape index (κ2) is 9.85. The number of rotatable bonds is 11. The number of carbonyl (C=O) groups is 1. The molecule has 3 nitrogen and oxygen atoms in total. The number of nitrogens with two attached hydrogens (primary N) is 1. The highest BCUT2D eigenvalue weighted by Gasteiger charge is 2.21. The number of aliphatic hydroxyl groups is 1. The van der Waals surface area contributed by atoms with Crippen LogP contribution in [0.4, 0.5) is 0 Å². The molecule has 0 fully saturated rings. The van der Waals surface area contributed by atoms with E-state index in [1.807, 2.05) is 25.1 Å². The van der Waals surface area contributed by atoms with Crippen molar-refractivity contribution in [2.75, 3.05) is 6.61 Å². The Balaban J connectivity index is 1.74. The summed E-state index contributed by atoms with van der Waals surface area (Å²) in [4.78, 5) is 14.3. The molecule has 1 aromatic heterocycles. The number of hydrogen-bond acceptors (Lipinski definition) is 4. The highest BCUT2D eigenvalue weighted by Crippen LogP contribution is 2.23. The monoisotopic (exact) mass is 359 g/mol. The van der Waals surface area contributed by atoms with Gasteiger partial charge in [0, 0.05) is 16.8 Å². The molecule has 0 radical (unpaired) electrons. The van der Waals surface area contributed by atoms with Crippen molar-refractivity contribution in [3.05, 3.63) is 57.8 Å². The number of thiophene rings is 1. The van der Waals surface area contributed by atoms with Crippen molar-refractivity contribution < 1.29 is 9.90 Å². The largest absolute Gasteiger partial charge is 0.394 e. The minimum absolute atomic E-state index is 0.00206. The van der Waals surface area contributed by atoms with E-state index in [4.69, 9.17) is 5.73 Å². The Labute approximate surface area is 154 Å². The first-order valence-electron chi connectivity index (χ1n) is 9.12. The van der Waals surface area contributed by atoms with Gasteiger partial charge in [-0.15, -0.1) is 11.3 Å². The van der Waals surface area contributed by atoms with Crippen molar-refractivity contribution in [1.29, 1.82) is 0 Å². The molecule has 4 heteroatoms. The minimum atomic E-state index is -0.508. The maximum Gasteiger partial charge on any atom is 0.172 e. The number of aliphatic hydroxyl groups excluding tert-OH is 1. The number of benzene rings is 1. The smallest absolute Gasteiger partial charge is 0.172 e. The molecule has 3 N–H and O–H groups in total. The predicted molar refractivity (Wildman–Crippen MR) is 105 cm³/mol. The molecule has 1 aromatic carbocycles. The zero-order chi connectivity index (χ0) is 18.1. The molecule has 0 saturated heterocycles. The van der Waals surface area contributed by atoms with Gasteiger partial charge in [0.15, 0.2) is 5.78 Å². The van der Waals surface area contributed by atoms with E-state index in [2.05, 4.69) is 24.3 Å². The first-order chi connectivity index (χ1) is 12.1.